The predicted octanol–water partition coefficient (Wildman–Crippen LogP) is 4.84. The fraction of sp³-hybridized carbons (Fsp3) is 0.280. The average molecular weight is 389 g/mol. The third kappa shape index (κ3) is 4.72. The average Bonchev–Trinajstić information content (AvgIpc) is 2.77. The highest BCUT2D eigenvalue weighted by molar-refractivity contribution is 5.48. The van der Waals surface area contributed by atoms with E-state index >= 15 is 0 Å². The Hall–Kier alpha value is -2.98. The van der Waals surface area contributed by atoms with Crippen molar-refractivity contribution in [1.29, 1.82) is 0 Å². The number of hydrogen-bond acceptors (Lipinski definition) is 4. The molecule has 4 rings (SSSR count). The Balaban J connectivity index is 1.41. The molecule has 1 aliphatic rings. The molecule has 150 valence electrons. The molecule has 0 amide bonds. The summed E-state index contributed by atoms with van der Waals surface area (Å²) >= 11 is 0. The van der Waals surface area contributed by atoms with Crippen LogP contribution in [0.3, 0.4) is 0 Å². The molecule has 0 atom stereocenters. The molecule has 0 unspecified atom stereocenters. The van der Waals surface area contributed by atoms with Gasteiger partial charge in [-0.05, 0) is 52.9 Å². The summed E-state index contributed by atoms with van der Waals surface area (Å²) in [6, 6.07) is 22.9. The molecular weight excluding hydrogens is 362 g/mol. The van der Waals surface area contributed by atoms with Crippen LogP contribution in [0.15, 0.2) is 66.7 Å². The quantitative estimate of drug-likeness (QED) is 0.578. The predicted molar refractivity (Wildman–Crippen MR) is 115 cm³/mol. The molecule has 29 heavy (non-hydrogen) atoms. The van der Waals surface area contributed by atoms with E-state index in [4.69, 9.17) is 14.2 Å². The van der Waals surface area contributed by atoms with Crippen LogP contribution < -0.4 is 14.2 Å². The van der Waals surface area contributed by atoms with Gasteiger partial charge in [-0.3, -0.25) is 4.90 Å². The maximum Gasteiger partial charge on any atom is 0.161 e. The minimum absolute atomic E-state index is 0.586. The zero-order valence-electron chi connectivity index (χ0n) is 17.1. The van der Waals surface area contributed by atoms with Gasteiger partial charge in [-0.15, -0.1) is 0 Å². The van der Waals surface area contributed by atoms with Crippen LogP contribution in [0.1, 0.15) is 22.3 Å². The van der Waals surface area contributed by atoms with Crippen molar-refractivity contribution in [3.05, 3.63) is 89.0 Å². The van der Waals surface area contributed by atoms with E-state index in [1.807, 2.05) is 24.3 Å². The number of nitrogens with zero attached hydrogens (tertiary/aromatic N) is 1. The normalized spacial score (nSPS) is 13.6. The smallest absolute Gasteiger partial charge is 0.161 e. The zero-order chi connectivity index (χ0) is 20.1. The molecule has 0 radical (unpaired) electrons. The van der Waals surface area contributed by atoms with Gasteiger partial charge >= 0.3 is 0 Å². The van der Waals surface area contributed by atoms with E-state index in [-0.39, 0.29) is 0 Å². The highest BCUT2D eigenvalue weighted by Gasteiger charge is 2.19. The van der Waals surface area contributed by atoms with Gasteiger partial charge in [-0.1, -0.05) is 42.5 Å². The van der Waals surface area contributed by atoms with Crippen LogP contribution in [0.4, 0.5) is 0 Å². The minimum Gasteiger partial charge on any atom is -0.493 e. The molecule has 0 N–H and O–H groups in total. The second kappa shape index (κ2) is 9.01. The van der Waals surface area contributed by atoms with Crippen LogP contribution in [-0.4, -0.2) is 25.7 Å². The van der Waals surface area contributed by atoms with Gasteiger partial charge in [0.05, 0.1) is 14.2 Å². The van der Waals surface area contributed by atoms with E-state index in [2.05, 4.69) is 47.4 Å². The molecule has 3 aromatic rings. The first-order chi connectivity index (χ1) is 14.2. The highest BCUT2D eigenvalue weighted by Crippen LogP contribution is 2.33. The molecule has 1 heterocycles. The number of ether oxygens (including phenoxy) is 3. The van der Waals surface area contributed by atoms with E-state index in [1.54, 1.807) is 14.2 Å². The van der Waals surface area contributed by atoms with Crippen molar-refractivity contribution in [3.8, 4) is 17.2 Å². The molecule has 4 heteroatoms. The summed E-state index contributed by atoms with van der Waals surface area (Å²) in [7, 11) is 3.37. The van der Waals surface area contributed by atoms with Crippen LogP contribution in [0.5, 0.6) is 17.2 Å². The Morgan fingerprint density at radius 3 is 2.28 bits per heavy atom. The first-order valence-corrected chi connectivity index (χ1v) is 9.97. The summed E-state index contributed by atoms with van der Waals surface area (Å²) in [6.07, 6.45) is 1.01. The molecule has 0 saturated heterocycles. The topological polar surface area (TPSA) is 30.9 Å². The van der Waals surface area contributed by atoms with Gasteiger partial charge < -0.3 is 14.2 Å². The molecule has 0 bridgehead atoms. The summed E-state index contributed by atoms with van der Waals surface area (Å²) in [5.41, 5.74) is 5.10. The summed E-state index contributed by atoms with van der Waals surface area (Å²) in [5, 5.41) is 0. The van der Waals surface area contributed by atoms with Crippen LogP contribution in [0.2, 0.25) is 0 Å². The van der Waals surface area contributed by atoms with Gasteiger partial charge in [0.2, 0.25) is 0 Å². The number of benzene rings is 3. The molecule has 1 aliphatic heterocycles. The molecular formula is C25H27NO3. The summed E-state index contributed by atoms with van der Waals surface area (Å²) < 4.78 is 16.9. The van der Waals surface area contributed by atoms with E-state index in [1.165, 1.54) is 22.3 Å². The lowest BCUT2D eigenvalue weighted by Crippen LogP contribution is -2.30. The maximum absolute atomic E-state index is 5.98. The van der Waals surface area contributed by atoms with Crippen molar-refractivity contribution in [2.24, 2.45) is 0 Å². The Labute approximate surface area is 172 Å². The number of rotatable bonds is 7. The zero-order valence-corrected chi connectivity index (χ0v) is 17.1. The van der Waals surface area contributed by atoms with Crippen molar-refractivity contribution >= 4 is 0 Å². The third-order valence-electron chi connectivity index (χ3n) is 5.35. The van der Waals surface area contributed by atoms with Gasteiger partial charge in [0.25, 0.3) is 0 Å². The largest absolute Gasteiger partial charge is 0.493 e. The lowest BCUT2D eigenvalue weighted by Gasteiger charge is -2.29. The van der Waals surface area contributed by atoms with Crippen molar-refractivity contribution in [3.63, 3.8) is 0 Å². The molecule has 0 aromatic heterocycles. The fourth-order valence-electron chi connectivity index (χ4n) is 3.81. The summed E-state index contributed by atoms with van der Waals surface area (Å²) in [6.45, 7) is 3.42. The van der Waals surface area contributed by atoms with Crippen molar-refractivity contribution < 1.29 is 14.2 Å². The van der Waals surface area contributed by atoms with E-state index in [0.29, 0.717) is 6.61 Å². The number of fused-ring (bicyclic) bond motifs is 1. The van der Waals surface area contributed by atoms with Gasteiger partial charge in [0, 0.05) is 19.6 Å². The molecule has 3 aromatic carbocycles. The summed E-state index contributed by atoms with van der Waals surface area (Å²) in [5.74, 6) is 2.52. The summed E-state index contributed by atoms with van der Waals surface area (Å²) in [4.78, 5) is 2.46. The molecule has 0 fully saturated rings. The lowest BCUT2D eigenvalue weighted by atomic mass is 9.98. The number of methoxy groups -OCH3 is 2. The van der Waals surface area contributed by atoms with E-state index in [0.717, 1.165) is 43.3 Å². The second-order valence-corrected chi connectivity index (χ2v) is 7.36. The Morgan fingerprint density at radius 2 is 1.52 bits per heavy atom. The Kier molecular flexibility index (Phi) is 6.01. The van der Waals surface area contributed by atoms with Crippen LogP contribution in [0, 0.1) is 0 Å². The van der Waals surface area contributed by atoms with Crippen molar-refractivity contribution in [2.45, 2.75) is 26.1 Å². The molecule has 0 aliphatic carbocycles. The third-order valence-corrected chi connectivity index (χ3v) is 5.35. The van der Waals surface area contributed by atoms with Crippen LogP contribution in [0.25, 0.3) is 0 Å². The lowest BCUT2D eigenvalue weighted by molar-refractivity contribution is 0.243. The van der Waals surface area contributed by atoms with Crippen molar-refractivity contribution in [1.82, 2.24) is 4.90 Å². The van der Waals surface area contributed by atoms with Crippen LogP contribution in [-0.2, 0) is 26.1 Å². The van der Waals surface area contributed by atoms with Gasteiger partial charge in [0.15, 0.2) is 11.5 Å². The number of hydrogen-bond donors (Lipinski definition) is 0. The monoisotopic (exact) mass is 389 g/mol. The van der Waals surface area contributed by atoms with Gasteiger partial charge in [-0.2, -0.15) is 0 Å². The van der Waals surface area contributed by atoms with Crippen LogP contribution >= 0.6 is 0 Å². The maximum atomic E-state index is 5.98. The molecule has 0 saturated carbocycles. The standard InChI is InChI=1S/C25H27NO3/c1-27-24-14-21-11-12-26(17-22(21)15-25(24)28-2)16-20-9-6-10-23(13-20)29-18-19-7-4-3-5-8-19/h3-10,13-15H,11-12,16-18H2,1-2H3. The Morgan fingerprint density at radius 1 is 0.793 bits per heavy atom. The van der Waals surface area contributed by atoms with E-state index in [9.17, 15) is 0 Å². The first-order valence-electron chi connectivity index (χ1n) is 9.97. The second-order valence-electron chi connectivity index (χ2n) is 7.36. The first kappa shape index (κ1) is 19.3. The molecule has 0 spiro atoms. The SMILES string of the molecule is COc1cc2c(cc1OC)CN(Cc1cccc(OCc3ccccc3)c1)CC2. The molecule has 4 nitrogen and oxygen atoms in total. The minimum atomic E-state index is 0.586. The van der Waals surface area contributed by atoms with E-state index < -0.39 is 0 Å². The van der Waals surface area contributed by atoms with Gasteiger partial charge in [0.1, 0.15) is 12.4 Å². The Bertz CT molecular complexity index is 956. The highest BCUT2D eigenvalue weighted by atomic mass is 16.5. The van der Waals surface area contributed by atoms with Gasteiger partial charge in [-0.25, -0.2) is 0 Å². The van der Waals surface area contributed by atoms with Crippen molar-refractivity contribution in [2.75, 3.05) is 20.8 Å². The fourth-order valence-corrected chi connectivity index (χ4v) is 3.81.